The summed E-state index contributed by atoms with van der Waals surface area (Å²) < 4.78 is 16.1. The van der Waals surface area contributed by atoms with Crippen molar-refractivity contribution in [1.82, 2.24) is 0 Å². The van der Waals surface area contributed by atoms with Crippen LogP contribution in [0.5, 0.6) is 5.75 Å². The monoisotopic (exact) mass is 280 g/mol. The van der Waals surface area contributed by atoms with E-state index in [0.29, 0.717) is 25.4 Å². The molecule has 20 heavy (non-hydrogen) atoms. The molecule has 1 rings (SSSR count). The molecule has 110 valence electrons. The van der Waals surface area contributed by atoms with Crippen molar-refractivity contribution in [2.45, 2.75) is 26.7 Å². The van der Waals surface area contributed by atoms with Crippen molar-refractivity contribution in [3.63, 3.8) is 0 Å². The van der Waals surface area contributed by atoms with Crippen LogP contribution in [0.3, 0.4) is 0 Å². The molecule has 1 aromatic rings. The minimum atomic E-state index is -1.21. The number of rotatable bonds is 9. The van der Waals surface area contributed by atoms with E-state index in [1.54, 1.807) is 24.3 Å². The molecule has 0 radical (unpaired) electrons. The van der Waals surface area contributed by atoms with Crippen molar-refractivity contribution in [2.24, 2.45) is 0 Å². The highest BCUT2D eigenvalue weighted by molar-refractivity contribution is 5.84. The van der Waals surface area contributed by atoms with Crippen molar-refractivity contribution in [3.8, 4) is 5.75 Å². The first-order valence-corrected chi connectivity index (χ1v) is 6.65. The molecule has 5 heteroatoms. The van der Waals surface area contributed by atoms with E-state index in [9.17, 15) is 9.90 Å². The maximum atomic E-state index is 11.3. The Hall–Kier alpha value is -2.17. The molecular weight excluding hydrogens is 260 g/mol. The first-order valence-electron chi connectivity index (χ1n) is 6.65. The second-order valence-electron chi connectivity index (χ2n) is 4.03. The van der Waals surface area contributed by atoms with Gasteiger partial charge in [-0.15, -0.1) is 0 Å². The normalized spacial score (nSPS) is 11.5. The minimum Gasteiger partial charge on any atom is -0.482 e. The average Bonchev–Trinajstić information content (AvgIpc) is 2.45. The van der Waals surface area contributed by atoms with Gasteiger partial charge in [-0.2, -0.15) is 0 Å². The SMILES string of the molecule is CCCOC(Oc1ccccc1)=C(OCCC)C(=O)O. The zero-order chi connectivity index (χ0) is 14.8. The Morgan fingerprint density at radius 3 is 2.20 bits per heavy atom. The van der Waals surface area contributed by atoms with E-state index in [-0.39, 0.29) is 11.7 Å². The van der Waals surface area contributed by atoms with Gasteiger partial charge in [0.15, 0.2) is 0 Å². The lowest BCUT2D eigenvalue weighted by Crippen LogP contribution is -2.15. The van der Waals surface area contributed by atoms with Gasteiger partial charge in [-0.3, -0.25) is 0 Å². The van der Waals surface area contributed by atoms with Crippen LogP contribution in [-0.2, 0) is 14.3 Å². The van der Waals surface area contributed by atoms with Gasteiger partial charge >= 0.3 is 11.9 Å². The van der Waals surface area contributed by atoms with E-state index in [4.69, 9.17) is 14.2 Å². The van der Waals surface area contributed by atoms with Crippen molar-refractivity contribution in [3.05, 3.63) is 42.0 Å². The molecule has 0 atom stereocenters. The smallest absolute Gasteiger partial charge is 0.378 e. The first kappa shape index (κ1) is 15.9. The molecule has 0 aliphatic rings. The van der Waals surface area contributed by atoms with E-state index in [1.807, 2.05) is 19.9 Å². The second-order valence-corrected chi connectivity index (χ2v) is 4.03. The Labute approximate surface area is 118 Å². The Morgan fingerprint density at radius 1 is 1.05 bits per heavy atom. The van der Waals surface area contributed by atoms with Crippen molar-refractivity contribution < 1.29 is 24.1 Å². The summed E-state index contributed by atoms with van der Waals surface area (Å²) >= 11 is 0. The van der Waals surface area contributed by atoms with Crippen LogP contribution >= 0.6 is 0 Å². The molecule has 0 saturated carbocycles. The standard InChI is InChI=1S/C15H20O5/c1-3-10-18-13(14(16)17)15(19-11-4-2)20-12-8-6-5-7-9-12/h5-9H,3-4,10-11H2,1-2H3,(H,16,17). The van der Waals surface area contributed by atoms with Crippen molar-refractivity contribution >= 4 is 5.97 Å². The molecule has 0 aliphatic heterocycles. The molecule has 1 aromatic carbocycles. The Bertz CT molecular complexity index is 439. The lowest BCUT2D eigenvalue weighted by Gasteiger charge is -2.14. The van der Waals surface area contributed by atoms with Crippen LogP contribution in [0.4, 0.5) is 0 Å². The number of para-hydroxylation sites is 1. The molecule has 5 nitrogen and oxygen atoms in total. The van der Waals surface area contributed by atoms with Gasteiger partial charge in [0.05, 0.1) is 13.2 Å². The van der Waals surface area contributed by atoms with E-state index < -0.39 is 5.97 Å². The molecule has 0 heterocycles. The number of carboxylic acid groups (broad SMARTS) is 1. The maximum absolute atomic E-state index is 11.3. The zero-order valence-corrected chi connectivity index (χ0v) is 11.8. The van der Waals surface area contributed by atoms with Crippen LogP contribution in [0.2, 0.25) is 0 Å². The van der Waals surface area contributed by atoms with E-state index >= 15 is 0 Å². The van der Waals surface area contributed by atoms with Gasteiger partial charge in [0, 0.05) is 0 Å². The van der Waals surface area contributed by atoms with Crippen molar-refractivity contribution in [1.29, 1.82) is 0 Å². The van der Waals surface area contributed by atoms with Gasteiger partial charge in [0.2, 0.25) is 0 Å². The number of hydrogen-bond acceptors (Lipinski definition) is 4. The third-order valence-corrected chi connectivity index (χ3v) is 2.22. The van der Waals surface area contributed by atoms with Gasteiger partial charge in [-0.05, 0) is 25.0 Å². The number of hydrogen-bond donors (Lipinski definition) is 1. The third kappa shape index (κ3) is 5.22. The van der Waals surface area contributed by atoms with Crippen LogP contribution in [0, 0.1) is 0 Å². The molecule has 1 N–H and O–H groups in total. The minimum absolute atomic E-state index is 0.112. The van der Waals surface area contributed by atoms with E-state index in [0.717, 1.165) is 6.42 Å². The molecular formula is C15H20O5. The predicted octanol–water partition coefficient (Wildman–Crippen LogP) is 3.17. The van der Waals surface area contributed by atoms with Gasteiger partial charge in [0.1, 0.15) is 5.75 Å². The fourth-order valence-corrected chi connectivity index (χ4v) is 1.34. The highest BCUT2D eigenvalue weighted by Gasteiger charge is 2.20. The molecule has 0 spiro atoms. The lowest BCUT2D eigenvalue weighted by molar-refractivity contribution is -0.137. The summed E-state index contributed by atoms with van der Waals surface area (Å²) in [6.07, 6.45) is 1.44. The molecule has 0 saturated heterocycles. The molecule has 0 aromatic heterocycles. The van der Waals surface area contributed by atoms with E-state index in [2.05, 4.69) is 0 Å². The Morgan fingerprint density at radius 2 is 1.65 bits per heavy atom. The summed E-state index contributed by atoms with van der Waals surface area (Å²) in [5.74, 6) is -1.12. The number of carboxylic acids is 1. The molecule has 0 unspecified atom stereocenters. The zero-order valence-electron chi connectivity index (χ0n) is 11.8. The highest BCUT2D eigenvalue weighted by atomic mass is 16.7. The largest absolute Gasteiger partial charge is 0.482 e. The first-order chi connectivity index (χ1) is 9.69. The number of ether oxygens (including phenoxy) is 3. The molecule has 0 fully saturated rings. The average molecular weight is 280 g/mol. The summed E-state index contributed by atoms with van der Waals surface area (Å²) in [7, 11) is 0. The summed E-state index contributed by atoms with van der Waals surface area (Å²) in [5.41, 5.74) is 0. The predicted molar refractivity (Wildman–Crippen MR) is 74.2 cm³/mol. The van der Waals surface area contributed by atoms with Gasteiger partial charge in [-0.1, -0.05) is 32.0 Å². The van der Waals surface area contributed by atoms with Crippen LogP contribution in [0.25, 0.3) is 0 Å². The Balaban J connectivity index is 2.96. The molecule has 0 aliphatic carbocycles. The molecule has 0 bridgehead atoms. The topological polar surface area (TPSA) is 65.0 Å². The maximum Gasteiger partial charge on any atom is 0.378 e. The number of aliphatic carboxylic acids is 1. The third-order valence-electron chi connectivity index (χ3n) is 2.22. The quantitative estimate of drug-likeness (QED) is 0.556. The Kier molecular flexibility index (Phi) is 7.03. The van der Waals surface area contributed by atoms with E-state index in [1.165, 1.54) is 0 Å². The number of benzene rings is 1. The highest BCUT2D eigenvalue weighted by Crippen LogP contribution is 2.18. The summed E-state index contributed by atoms with van der Waals surface area (Å²) in [6, 6.07) is 8.86. The lowest BCUT2D eigenvalue weighted by atomic mass is 10.3. The van der Waals surface area contributed by atoms with Crippen LogP contribution < -0.4 is 4.74 Å². The molecule has 0 amide bonds. The van der Waals surface area contributed by atoms with Gasteiger partial charge < -0.3 is 19.3 Å². The van der Waals surface area contributed by atoms with Gasteiger partial charge in [0.25, 0.3) is 5.76 Å². The summed E-state index contributed by atoms with van der Waals surface area (Å²) in [4.78, 5) is 11.3. The van der Waals surface area contributed by atoms with Crippen LogP contribution in [0.15, 0.2) is 42.0 Å². The van der Waals surface area contributed by atoms with Crippen LogP contribution in [-0.4, -0.2) is 24.3 Å². The second kappa shape index (κ2) is 8.85. The fraction of sp³-hybridized carbons (Fsp3) is 0.400. The van der Waals surface area contributed by atoms with Crippen LogP contribution in [0.1, 0.15) is 26.7 Å². The van der Waals surface area contributed by atoms with Gasteiger partial charge in [-0.25, -0.2) is 4.79 Å². The summed E-state index contributed by atoms with van der Waals surface area (Å²) in [6.45, 7) is 4.46. The number of carbonyl (C=O) groups is 1. The fourth-order valence-electron chi connectivity index (χ4n) is 1.34. The summed E-state index contributed by atoms with van der Waals surface area (Å²) in [5, 5.41) is 9.20. The van der Waals surface area contributed by atoms with Crippen molar-refractivity contribution in [2.75, 3.05) is 13.2 Å².